The summed E-state index contributed by atoms with van der Waals surface area (Å²) in [5, 5.41) is 39.6. The van der Waals surface area contributed by atoms with Gasteiger partial charge in [-0.1, -0.05) is 6.07 Å². The van der Waals surface area contributed by atoms with E-state index in [4.69, 9.17) is 9.47 Å². The van der Waals surface area contributed by atoms with Crippen LogP contribution in [0.1, 0.15) is 5.56 Å². The Morgan fingerprint density at radius 3 is 2.65 bits per heavy atom. The highest BCUT2D eigenvalue weighted by Gasteiger charge is 2.44. The largest absolute Gasteiger partial charge is 0.461 e. The highest BCUT2D eigenvalue weighted by Crippen LogP contribution is 2.29. The van der Waals surface area contributed by atoms with E-state index in [0.717, 1.165) is 16.5 Å². The van der Waals surface area contributed by atoms with Crippen molar-refractivity contribution in [2.75, 3.05) is 6.61 Å². The molecule has 0 unspecified atom stereocenters. The molecule has 0 aliphatic carbocycles. The fourth-order valence-electron chi connectivity index (χ4n) is 2.62. The quantitative estimate of drug-likeness (QED) is 0.615. The van der Waals surface area contributed by atoms with Crippen molar-refractivity contribution in [1.29, 1.82) is 0 Å². The summed E-state index contributed by atoms with van der Waals surface area (Å²) >= 11 is 0. The maximum atomic E-state index is 10.0. The maximum Gasteiger partial charge on any atom is 0.229 e. The Morgan fingerprint density at radius 2 is 1.91 bits per heavy atom. The molecule has 1 aliphatic heterocycles. The number of nitrogens with zero attached hydrogens (tertiary/aromatic N) is 1. The van der Waals surface area contributed by atoms with Crippen molar-refractivity contribution in [2.45, 2.75) is 37.6 Å². The van der Waals surface area contributed by atoms with Gasteiger partial charge in [0.25, 0.3) is 0 Å². The number of pyridine rings is 1. The van der Waals surface area contributed by atoms with Crippen molar-refractivity contribution < 1.29 is 29.9 Å². The van der Waals surface area contributed by atoms with Gasteiger partial charge >= 0.3 is 0 Å². The number of hydrogen-bond acceptors (Lipinski definition) is 7. The average Bonchev–Trinajstić information content (AvgIpc) is 2.55. The fraction of sp³-hybridized carbons (Fsp3) is 0.438. The first-order chi connectivity index (χ1) is 11.0. The SMILES string of the molecule is Cc1ccc2c(O[C@@H]3O[C@H](CO)[C@@H](O)[C@H](O)[C@H]3O)ccnc2c1. The molecule has 1 saturated heterocycles. The van der Waals surface area contributed by atoms with Crippen LogP contribution in [0.25, 0.3) is 10.9 Å². The van der Waals surface area contributed by atoms with E-state index in [-0.39, 0.29) is 0 Å². The Balaban J connectivity index is 1.89. The molecular formula is C16H19NO6. The second-order valence-electron chi connectivity index (χ2n) is 5.64. The van der Waals surface area contributed by atoms with E-state index in [2.05, 4.69) is 4.98 Å². The van der Waals surface area contributed by atoms with Gasteiger partial charge in [0, 0.05) is 11.6 Å². The van der Waals surface area contributed by atoms with E-state index in [1.807, 2.05) is 25.1 Å². The van der Waals surface area contributed by atoms with Crippen LogP contribution in [-0.2, 0) is 4.74 Å². The van der Waals surface area contributed by atoms with Crippen molar-refractivity contribution in [3.05, 3.63) is 36.0 Å². The molecule has 1 aliphatic rings. The van der Waals surface area contributed by atoms with Crippen LogP contribution in [0.15, 0.2) is 30.5 Å². The predicted octanol–water partition coefficient (Wildman–Crippen LogP) is -0.278. The first kappa shape index (κ1) is 16.1. The van der Waals surface area contributed by atoms with Gasteiger partial charge in [0.15, 0.2) is 0 Å². The van der Waals surface area contributed by atoms with Crippen molar-refractivity contribution in [3.8, 4) is 5.75 Å². The van der Waals surface area contributed by atoms with Gasteiger partial charge in [-0.05, 0) is 30.7 Å². The molecule has 1 aromatic carbocycles. The minimum absolute atomic E-state index is 0.430. The molecule has 124 valence electrons. The minimum Gasteiger partial charge on any atom is -0.461 e. The number of fused-ring (bicyclic) bond motifs is 1. The highest BCUT2D eigenvalue weighted by atomic mass is 16.7. The van der Waals surface area contributed by atoms with Gasteiger partial charge in [-0.25, -0.2) is 0 Å². The van der Waals surface area contributed by atoms with E-state index in [0.29, 0.717) is 5.75 Å². The normalized spacial score (nSPS) is 31.3. The lowest BCUT2D eigenvalue weighted by molar-refractivity contribution is -0.277. The van der Waals surface area contributed by atoms with E-state index in [9.17, 15) is 20.4 Å². The summed E-state index contributed by atoms with van der Waals surface area (Å²) in [6, 6.07) is 7.27. The van der Waals surface area contributed by atoms with Crippen molar-refractivity contribution >= 4 is 10.9 Å². The molecule has 7 heteroatoms. The van der Waals surface area contributed by atoms with Crippen LogP contribution in [0, 0.1) is 6.92 Å². The third-order valence-corrected chi connectivity index (χ3v) is 3.95. The summed E-state index contributed by atoms with van der Waals surface area (Å²) in [5.74, 6) is 0.430. The van der Waals surface area contributed by atoms with Gasteiger partial charge in [-0.3, -0.25) is 4.98 Å². The molecule has 1 aromatic heterocycles. The average molecular weight is 321 g/mol. The molecule has 0 radical (unpaired) electrons. The van der Waals surface area contributed by atoms with E-state index >= 15 is 0 Å². The summed E-state index contributed by atoms with van der Waals surface area (Å²) in [6.45, 7) is 1.45. The Labute approximate surface area is 132 Å². The lowest BCUT2D eigenvalue weighted by Gasteiger charge is -2.39. The van der Waals surface area contributed by atoms with Crippen LogP contribution in [-0.4, -0.2) is 62.7 Å². The molecule has 4 N–H and O–H groups in total. The van der Waals surface area contributed by atoms with E-state index in [1.165, 1.54) is 0 Å². The molecule has 0 bridgehead atoms. The molecule has 1 fully saturated rings. The van der Waals surface area contributed by atoms with Gasteiger partial charge in [-0.2, -0.15) is 0 Å². The summed E-state index contributed by atoms with van der Waals surface area (Å²) in [6.07, 6.45) is -4.97. The third-order valence-electron chi connectivity index (χ3n) is 3.95. The summed E-state index contributed by atoms with van der Waals surface area (Å²) in [5.41, 5.74) is 1.78. The van der Waals surface area contributed by atoms with Gasteiger partial charge in [0.05, 0.1) is 12.1 Å². The number of benzene rings is 1. The first-order valence-electron chi connectivity index (χ1n) is 7.34. The maximum absolute atomic E-state index is 10.0. The van der Waals surface area contributed by atoms with Gasteiger partial charge in [0.1, 0.15) is 30.2 Å². The Morgan fingerprint density at radius 1 is 1.13 bits per heavy atom. The number of aromatic nitrogens is 1. The van der Waals surface area contributed by atoms with Gasteiger partial charge in [-0.15, -0.1) is 0 Å². The smallest absolute Gasteiger partial charge is 0.229 e. The van der Waals surface area contributed by atoms with Crippen LogP contribution in [0.4, 0.5) is 0 Å². The number of aryl methyl sites for hydroxylation is 1. The first-order valence-corrected chi connectivity index (χ1v) is 7.34. The topological polar surface area (TPSA) is 112 Å². The summed E-state index contributed by atoms with van der Waals surface area (Å²) < 4.78 is 11.0. The summed E-state index contributed by atoms with van der Waals surface area (Å²) in [7, 11) is 0. The van der Waals surface area contributed by atoms with Gasteiger partial charge < -0.3 is 29.9 Å². The van der Waals surface area contributed by atoms with E-state index < -0.39 is 37.3 Å². The lowest BCUT2D eigenvalue weighted by Crippen LogP contribution is -2.60. The highest BCUT2D eigenvalue weighted by molar-refractivity contribution is 5.85. The number of aliphatic hydroxyl groups is 4. The monoisotopic (exact) mass is 321 g/mol. The number of aliphatic hydroxyl groups excluding tert-OH is 4. The second kappa shape index (κ2) is 6.38. The molecule has 23 heavy (non-hydrogen) atoms. The zero-order chi connectivity index (χ0) is 16.6. The van der Waals surface area contributed by atoms with Crippen molar-refractivity contribution in [3.63, 3.8) is 0 Å². The molecule has 2 aromatic rings. The Hall–Kier alpha value is -1.77. The summed E-state index contributed by atoms with van der Waals surface area (Å²) in [4.78, 5) is 4.26. The zero-order valence-electron chi connectivity index (χ0n) is 12.5. The number of hydrogen-bond donors (Lipinski definition) is 4. The zero-order valence-corrected chi connectivity index (χ0v) is 12.5. The lowest BCUT2D eigenvalue weighted by atomic mass is 9.99. The molecule has 0 spiro atoms. The number of rotatable bonds is 3. The number of ether oxygens (including phenoxy) is 2. The molecule has 5 atom stereocenters. The van der Waals surface area contributed by atoms with Crippen molar-refractivity contribution in [1.82, 2.24) is 4.98 Å². The third kappa shape index (κ3) is 3.01. The van der Waals surface area contributed by atoms with Crippen LogP contribution in [0.2, 0.25) is 0 Å². The van der Waals surface area contributed by atoms with Gasteiger partial charge in [0.2, 0.25) is 6.29 Å². The van der Waals surface area contributed by atoms with E-state index in [1.54, 1.807) is 12.3 Å². The molecule has 7 nitrogen and oxygen atoms in total. The molecular weight excluding hydrogens is 302 g/mol. The molecule has 0 amide bonds. The Bertz CT molecular complexity index is 691. The standard InChI is InChI=1S/C16H19NO6/c1-8-2-3-9-10(6-8)17-5-4-11(9)22-16-15(21)14(20)13(19)12(7-18)23-16/h2-6,12-16,18-21H,7H2,1H3/t12-,13-,14+,15-,16-/m1/s1. The fourth-order valence-corrected chi connectivity index (χ4v) is 2.62. The second-order valence-corrected chi connectivity index (χ2v) is 5.64. The van der Waals surface area contributed by atoms with Crippen LogP contribution >= 0.6 is 0 Å². The van der Waals surface area contributed by atoms with Crippen LogP contribution < -0.4 is 4.74 Å². The van der Waals surface area contributed by atoms with Crippen molar-refractivity contribution in [2.24, 2.45) is 0 Å². The van der Waals surface area contributed by atoms with Crippen LogP contribution in [0.3, 0.4) is 0 Å². The molecule has 2 heterocycles. The van der Waals surface area contributed by atoms with Crippen LogP contribution in [0.5, 0.6) is 5.75 Å². The Kier molecular flexibility index (Phi) is 4.47. The predicted molar refractivity (Wildman–Crippen MR) is 80.9 cm³/mol. The molecule has 3 rings (SSSR count). The minimum atomic E-state index is -1.47. The molecule has 0 saturated carbocycles.